The van der Waals surface area contributed by atoms with Gasteiger partial charge in [-0.15, -0.1) is 11.3 Å². The van der Waals surface area contributed by atoms with Crippen molar-refractivity contribution in [1.82, 2.24) is 10.3 Å². The SMILES string of the molecule is CCN(C(C)=O)c1nc(CNC2CN(c3ccc(F)cc3)C2=O)cs1. The Morgan fingerprint density at radius 2 is 2.16 bits per heavy atom. The maximum absolute atomic E-state index is 12.9. The maximum Gasteiger partial charge on any atom is 0.246 e. The van der Waals surface area contributed by atoms with E-state index in [1.54, 1.807) is 21.9 Å². The van der Waals surface area contributed by atoms with Gasteiger partial charge >= 0.3 is 0 Å². The van der Waals surface area contributed by atoms with Crippen molar-refractivity contribution < 1.29 is 14.0 Å². The Morgan fingerprint density at radius 1 is 1.44 bits per heavy atom. The molecular weight excluding hydrogens is 343 g/mol. The molecule has 1 aromatic heterocycles. The van der Waals surface area contributed by atoms with E-state index in [0.717, 1.165) is 5.69 Å². The summed E-state index contributed by atoms with van der Waals surface area (Å²) in [6, 6.07) is 5.60. The molecule has 0 spiro atoms. The van der Waals surface area contributed by atoms with Crippen LogP contribution in [0.2, 0.25) is 0 Å². The van der Waals surface area contributed by atoms with Crippen LogP contribution in [0.3, 0.4) is 0 Å². The van der Waals surface area contributed by atoms with E-state index >= 15 is 0 Å². The third-order valence-electron chi connectivity index (χ3n) is 4.06. The second kappa shape index (κ2) is 7.28. The summed E-state index contributed by atoms with van der Waals surface area (Å²) >= 11 is 1.41. The first-order chi connectivity index (χ1) is 12.0. The molecule has 1 aliphatic rings. The van der Waals surface area contributed by atoms with E-state index in [0.29, 0.717) is 30.5 Å². The zero-order valence-corrected chi connectivity index (χ0v) is 14.8. The molecule has 6 nitrogen and oxygen atoms in total. The van der Waals surface area contributed by atoms with Gasteiger partial charge in [-0.2, -0.15) is 0 Å². The fraction of sp³-hybridized carbons (Fsp3) is 0.353. The number of nitrogens with one attached hydrogen (secondary N) is 1. The molecule has 2 aromatic rings. The Labute approximate surface area is 149 Å². The Bertz CT molecular complexity index is 777. The first kappa shape index (κ1) is 17.5. The van der Waals surface area contributed by atoms with Crippen molar-refractivity contribution in [3.05, 3.63) is 41.2 Å². The number of amides is 2. The van der Waals surface area contributed by atoms with Gasteiger partial charge in [-0.3, -0.25) is 19.8 Å². The lowest BCUT2D eigenvalue weighted by Gasteiger charge is -2.38. The summed E-state index contributed by atoms with van der Waals surface area (Å²) in [5.74, 6) is -0.404. The molecule has 1 N–H and O–H groups in total. The molecule has 2 heterocycles. The van der Waals surface area contributed by atoms with Crippen LogP contribution in [0.4, 0.5) is 15.2 Å². The second-order valence-electron chi connectivity index (χ2n) is 5.74. The molecular formula is C17H19FN4O2S. The third kappa shape index (κ3) is 3.69. The highest BCUT2D eigenvalue weighted by molar-refractivity contribution is 7.14. The van der Waals surface area contributed by atoms with Crippen LogP contribution in [0.15, 0.2) is 29.6 Å². The van der Waals surface area contributed by atoms with Gasteiger partial charge in [-0.05, 0) is 31.2 Å². The molecule has 132 valence electrons. The molecule has 1 aliphatic heterocycles. The van der Waals surface area contributed by atoms with E-state index in [1.165, 1.54) is 30.4 Å². The molecule has 0 saturated carbocycles. The van der Waals surface area contributed by atoms with Crippen LogP contribution in [0.25, 0.3) is 0 Å². The first-order valence-electron chi connectivity index (χ1n) is 8.02. The van der Waals surface area contributed by atoms with Gasteiger partial charge in [-0.25, -0.2) is 9.37 Å². The van der Waals surface area contributed by atoms with Gasteiger partial charge in [0.2, 0.25) is 11.8 Å². The number of thiazole rings is 1. The number of rotatable bonds is 6. The Kier molecular flexibility index (Phi) is 5.10. The lowest BCUT2D eigenvalue weighted by Crippen LogP contribution is -2.62. The molecule has 1 saturated heterocycles. The summed E-state index contributed by atoms with van der Waals surface area (Å²) in [6.07, 6.45) is 0. The maximum atomic E-state index is 12.9. The number of nitrogens with zero attached hydrogens (tertiary/aromatic N) is 3. The van der Waals surface area contributed by atoms with Crippen molar-refractivity contribution in [2.45, 2.75) is 26.4 Å². The molecule has 2 amide bonds. The van der Waals surface area contributed by atoms with Crippen LogP contribution in [0, 0.1) is 5.82 Å². The summed E-state index contributed by atoms with van der Waals surface area (Å²) in [6.45, 7) is 4.98. The minimum atomic E-state index is -0.322. The molecule has 1 aromatic carbocycles. The summed E-state index contributed by atoms with van der Waals surface area (Å²) < 4.78 is 12.9. The van der Waals surface area contributed by atoms with Crippen molar-refractivity contribution in [3.63, 3.8) is 0 Å². The molecule has 1 atom stereocenters. The Hall–Kier alpha value is -2.32. The van der Waals surface area contributed by atoms with Crippen LogP contribution in [-0.2, 0) is 16.1 Å². The van der Waals surface area contributed by atoms with Gasteiger partial charge in [0.1, 0.15) is 11.9 Å². The lowest BCUT2D eigenvalue weighted by molar-refractivity contribution is -0.124. The first-order valence-corrected chi connectivity index (χ1v) is 8.90. The standard InChI is InChI=1S/C17H19FN4O2S/c1-3-21(11(2)23)17-20-13(10-25-17)8-19-15-9-22(16(15)24)14-6-4-12(18)5-7-14/h4-7,10,15,19H,3,8-9H2,1-2H3. The smallest absolute Gasteiger partial charge is 0.246 e. The molecule has 0 aliphatic carbocycles. The average Bonchev–Trinajstić information content (AvgIpc) is 3.04. The zero-order valence-electron chi connectivity index (χ0n) is 14.0. The fourth-order valence-electron chi connectivity index (χ4n) is 2.65. The van der Waals surface area contributed by atoms with Crippen LogP contribution >= 0.6 is 11.3 Å². The number of carbonyl (C=O) groups is 2. The fourth-order valence-corrected chi connectivity index (χ4v) is 3.59. The number of β-lactam (4-membered cyclic amide) rings is 1. The van der Waals surface area contributed by atoms with Gasteiger partial charge in [0.25, 0.3) is 0 Å². The summed E-state index contributed by atoms with van der Waals surface area (Å²) in [5.41, 5.74) is 1.49. The van der Waals surface area contributed by atoms with Gasteiger partial charge in [0.05, 0.1) is 12.2 Å². The van der Waals surface area contributed by atoms with Gasteiger partial charge in [0.15, 0.2) is 5.13 Å². The molecule has 1 unspecified atom stereocenters. The van der Waals surface area contributed by atoms with E-state index < -0.39 is 0 Å². The highest BCUT2D eigenvalue weighted by Crippen LogP contribution is 2.24. The van der Waals surface area contributed by atoms with E-state index in [-0.39, 0.29) is 23.7 Å². The Morgan fingerprint density at radius 3 is 2.76 bits per heavy atom. The van der Waals surface area contributed by atoms with Crippen LogP contribution in [0.5, 0.6) is 0 Å². The summed E-state index contributed by atoms with van der Waals surface area (Å²) in [7, 11) is 0. The van der Waals surface area contributed by atoms with Crippen molar-refractivity contribution in [2.24, 2.45) is 0 Å². The van der Waals surface area contributed by atoms with Gasteiger partial charge < -0.3 is 4.90 Å². The third-order valence-corrected chi connectivity index (χ3v) is 4.98. The summed E-state index contributed by atoms with van der Waals surface area (Å²) in [5, 5.41) is 5.72. The molecule has 8 heteroatoms. The topological polar surface area (TPSA) is 65.5 Å². The van der Waals surface area contributed by atoms with E-state index in [9.17, 15) is 14.0 Å². The minimum Gasteiger partial charge on any atom is -0.309 e. The van der Waals surface area contributed by atoms with Crippen molar-refractivity contribution in [1.29, 1.82) is 0 Å². The predicted octanol–water partition coefficient (Wildman–Crippen LogP) is 2.16. The van der Waals surface area contributed by atoms with Crippen molar-refractivity contribution >= 4 is 34.0 Å². The number of anilines is 2. The molecule has 0 bridgehead atoms. The molecule has 25 heavy (non-hydrogen) atoms. The van der Waals surface area contributed by atoms with E-state index in [4.69, 9.17) is 0 Å². The van der Waals surface area contributed by atoms with Crippen molar-refractivity contribution in [3.8, 4) is 0 Å². The minimum absolute atomic E-state index is 0.0408. The molecule has 1 fully saturated rings. The monoisotopic (exact) mass is 362 g/mol. The van der Waals surface area contributed by atoms with Gasteiger partial charge in [-0.1, -0.05) is 0 Å². The number of benzene rings is 1. The van der Waals surface area contributed by atoms with Crippen molar-refractivity contribution in [2.75, 3.05) is 22.9 Å². The van der Waals surface area contributed by atoms with Crippen LogP contribution < -0.4 is 15.1 Å². The highest BCUT2D eigenvalue weighted by atomic mass is 32.1. The highest BCUT2D eigenvalue weighted by Gasteiger charge is 2.37. The van der Waals surface area contributed by atoms with E-state index in [2.05, 4.69) is 10.3 Å². The predicted molar refractivity (Wildman–Crippen MR) is 95.2 cm³/mol. The number of hydrogen-bond acceptors (Lipinski definition) is 5. The van der Waals surface area contributed by atoms with Crippen LogP contribution in [0.1, 0.15) is 19.5 Å². The van der Waals surface area contributed by atoms with Gasteiger partial charge in [0, 0.05) is 31.1 Å². The molecule has 3 rings (SSSR count). The summed E-state index contributed by atoms with van der Waals surface area (Å²) in [4.78, 5) is 31.4. The quantitative estimate of drug-likeness (QED) is 0.800. The largest absolute Gasteiger partial charge is 0.309 e. The van der Waals surface area contributed by atoms with E-state index in [1.807, 2.05) is 12.3 Å². The average molecular weight is 362 g/mol. The number of halogens is 1. The van der Waals surface area contributed by atoms with Crippen LogP contribution in [-0.4, -0.2) is 35.9 Å². The number of aromatic nitrogens is 1. The number of carbonyl (C=O) groups excluding carboxylic acids is 2. The molecule has 0 radical (unpaired) electrons. The normalized spacial score (nSPS) is 16.7. The lowest BCUT2D eigenvalue weighted by atomic mass is 10.1. The zero-order chi connectivity index (χ0) is 18.0. The second-order valence-corrected chi connectivity index (χ2v) is 6.58. The Balaban J connectivity index is 1.54. The number of hydrogen-bond donors (Lipinski definition) is 1.